The smallest absolute Gasteiger partial charge is 0.246 e. The first kappa shape index (κ1) is 30.4. The number of ether oxygens (including phenoxy) is 1. The summed E-state index contributed by atoms with van der Waals surface area (Å²) in [6.07, 6.45) is 16.0. The van der Waals surface area contributed by atoms with E-state index >= 15 is 0 Å². The summed E-state index contributed by atoms with van der Waals surface area (Å²) < 4.78 is 6.07. The number of likely N-dealkylation sites (N-methyl/N-ethyl adjacent to an activating group) is 1. The number of aromatic nitrogens is 1. The minimum absolute atomic E-state index is 0.0682. The van der Waals surface area contributed by atoms with Gasteiger partial charge >= 0.3 is 0 Å². The molecule has 1 atom stereocenters. The summed E-state index contributed by atoms with van der Waals surface area (Å²) in [5.74, 6) is 2.81. The van der Waals surface area contributed by atoms with E-state index < -0.39 is 0 Å². The Morgan fingerprint density at radius 1 is 1.29 bits per heavy atom. The number of nitrogens with two attached hydrogens (primary N) is 2. The molecular formula is C31H40N9O2+. The van der Waals surface area contributed by atoms with Crippen molar-refractivity contribution in [3.63, 3.8) is 0 Å². The van der Waals surface area contributed by atoms with Crippen LogP contribution in [0.5, 0.6) is 5.75 Å². The van der Waals surface area contributed by atoms with E-state index in [0.29, 0.717) is 29.7 Å². The summed E-state index contributed by atoms with van der Waals surface area (Å²) in [7, 11) is 3.97. The van der Waals surface area contributed by atoms with Gasteiger partial charge in [-0.15, -0.1) is 0 Å². The third-order valence-corrected chi connectivity index (χ3v) is 7.06. The van der Waals surface area contributed by atoms with Gasteiger partial charge in [0.1, 0.15) is 24.0 Å². The monoisotopic (exact) mass is 570 g/mol. The molecule has 2 aliphatic rings. The van der Waals surface area contributed by atoms with Crippen LogP contribution in [0, 0.1) is 12.3 Å². The van der Waals surface area contributed by atoms with Crippen LogP contribution in [0.2, 0.25) is 0 Å². The third kappa shape index (κ3) is 8.21. The van der Waals surface area contributed by atoms with Crippen molar-refractivity contribution < 1.29 is 14.8 Å². The molecule has 220 valence electrons. The van der Waals surface area contributed by atoms with E-state index in [1.54, 1.807) is 12.2 Å². The lowest BCUT2D eigenvalue weighted by Gasteiger charge is -2.19. The highest BCUT2D eigenvalue weighted by Crippen LogP contribution is 2.32. The Bertz CT molecular complexity index is 1450. The first-order valence-corrected chi connectivity index (χ1v) is 14.1. The van der Waals surface area contributed by atoms with Crippen LogP contribution >= 0.6 is 0 Å². The molecule has 0 radical (unpaired) electrons. The lowest BCUT2D eigenvalue weighted by Crippen LogP contribution is -2.82. The highest BCUT2D eigenvalue weighted by Gasteiger charge is 2.24. The Morgan fingerprint density at radius 3 is 2.90 bits per heavy atom. The van der Waals surface area contributed by atoms with Crippen molar-refractivity contribution in [1.82, 2.24) is 14.8 Å². The fourth-order valence-electron chi connectivity index (χ4n) is 5.00. The Hall–Kier alpha value is -4.61. The molecule has 0 aliphatic carbocycles. The number of likely N-dealkylation sites (tertiary alicyclic amines) is 1. The van der Waals surface area contributed by atoms with Gasteiger partial charge in [0.2, 0.25) is 11.7 Å². The summed E-state index contributed by atoms with van der Waals surface area (Å²) in [5, 5.41) is 8.99. The lowest BCUT2D eigenvalue weighted by atomic mass is 9.92. The zero-order valence-electron chi connectivity index (χ0n) is 24.5. The molecule has 42 heavy (non-hydrogen) atoms. The van der Waals surface area contributed by atoms with Gasteiger partial charge in [0.25, 0.3) is 0 Å². The maximum atomic E-state index is 12.7. The fourth-order valence-corrected chi connectivity index (χ4v) is 5.00. The number of quaternary nitrogens is 1. The molecule has 1 amide bonds. The molecule has 1 aromatic carbocycles. The zero-order valence-corrected chi connectivity index (χ0v) is 24.5. The second-order valence-corrected chi connectivity index (χ2v) is 10.4. The molecule has 11 heteroatoms. The van der Waals surface area contributed by atoms with E-state index in [2.05, 4.69) is 21.0 Å². The summed E-state index contributed by atoms with van der Waals surface area (Å²) >= 11 is 0. The number of hydrogen-bond acceptors (Lipinski definition) is 5. The largest absolute Gasteiger partial charge is 0.457 e. The van der Waals surface area contributed by atoms with Crippen LogP contribution in [0.3, 0.4) is 0 Å². The number of benzene rings is 1. The van der Waals surface area contributed by atoms with Gasteiger partial charge in [0, 0.05) is 38.0 Å². The minimum atomic E-state index is 0.0682. The molecule has 2 aliphatic heterocycles. The van der Waals surface area contributed by atoms with Gasteiger partial charge in [-0.1, -0.05) is 6.08 Å². The van der Waals surface area contributed by atoms with Crippen LogP contribution in [0.15, 0.2) is 81.7 Å². The van der Waals surface area contributed by atoms with Gasteiger partial charge in [-0.05, 0) is 81.6 Å². The number of amides is 1. The zero-order chi connectivity index (χ0) is 29.9. The number of nitrogens with zero attached hydrogens (tertiary/aromatic N) is 5. The normalized spacial score (nSPS) is 19.1. The van der Waals surface area contributed by atoms with Crippen LogP contribution < -0.4 is 15.8 Å². The molecule has 1 fully saturated rings. The summed E-state index contributed by atoms with van der Waals surface area (Å²) in [6, 6.07) is 7.77. The van der Waals surface area contributed by atoms with Gasteiger partial charge in [0.05, 0.1) is 23.8 Å². The number of carbonyl (C=O) groups excluding carboxylic acids is 1. The topological polar surface area (TPSA) is 152 Å². The summed E-state index contributed by atoms with van der Waals surface area (Å²) in [4.78, 5) is 33.3. The van der Waals surface area contributed by atoms with Crippen molar-refractivity contribution in [2.45, 2.75) is 32.1 Å². The average molecular weight is 571 g/mol. The fraction of sp³-hybridized carbons (Fsp3) is 0.323. The number of allylic oxidation sites excluding steroid dienone is 1. The highest BCUT2D eigenvalue weighted by atomic mass is 16.5. The van der Waals surface area contributed by atoms with E-state index in [1.807, 2.05) is 78.9 Å². The highest BCUT2D eigenvalue weighted by molar-refractivity contribution is 6.04. The first-order valence-electron chi connectivity index (χ1n) is 14.1. The van der Waals surface area contributed by atoms with Crippen LogP contribution in [-0.4, -0.2) is 78.8 Å². The van der Waals surface area contributed by atoms with E-state index in [1.165, 1.54) is 6.34 Å². The third-order valence-electron chi connectivity index (χ3n) is 7.06. The lowest BCUT2D eigenvalue weighted by molar-refractivity contribution is -0.461. The maximum Gasteiger partial charge on any atom is 0.246 e. The first-order chi connectivity index (χ1) is 20.4. The van der Waals surface area contributed by atoms with Gasteiger partial charge in [-0.2, -0.15) is 4.99 Å². The molecule has 0 bridgehead atoms. The van der Waals surface area contributed by atoms with E-state index in [4.69, 9.17) is 20.9 Å². The standard InChI is InChI=1S/C31H39N9O2/c1-22-18-24(8-9-27(22)42-25-10-13-34-28(19-25)36-20-32)38-31(37-21-33)30-26(11-14-35-30)23-6-4-16-40(17-12-23)29(41)7-5-15-39(2)3/h5,7-11,13-14,18-21,23,35H,4,6,12,15-17H2,1-3H3,(H2,32,34,36)(H2,33,37,38)/p+1/b7-5+/t23-/m0/s1. The number of carbonyl (C=O) groups is 1. The van der Waals surface area contributed by atoms with Gasteiger partial charge in [-0.25, -0.2) is 9.98 Å². The van der Waals surface area contributed by atoms with Gasteiger partial charge in [0.15, 0.2) is 5.84 Å². The Labute approximate surface area is 246 Å². The second-order valence-electron chi connectivity index (χ2n) is 10.4. The number of nitrogens with one attached hydrogen (secondary N) is 2. The Morgan fingerprint density at radius 2 is 2.14 bits per heavy atom. The predicted molar refractivity (Wildman–Crippen MR) is 168 cm³/mol. The minimum Gasteiger partial charge on any atom is -0.457 e. The molecule has 1 saturated heterocycles. The van der Waals surface area contributed by atoms with Gasteiger partial charge in [-0.3, -0.25) is 15.5 Å². The average Bonchev–Trinajstić information content (AvgIpc) is 3.32. The van der Waals surface area contributed by atoms with Crippen molar-refractivity contribution in [2.75, 3.05) is 33.7 Å². The number of hydrogen-bond donors (Lipinski definition) is 4. The van der Waals surface area contributed by atoms with Crippen LogP contribution in [0.25, 0.3) is 0 Å². The van der Waals surface area contributed by atoms with Crippen molar-refractivity contribution in [1.29, 1.82) is 5.41 Å². The molecule has 1 aromatic heterocycles. The molecule has 0 saturated carbocycles. The van der Waals surface area contributed by atoms with Crippen molar-refractivity contribution >= 4 is 35.9 Å². The van der Waals surface area contributed by atoms with Crippen LogP contribution in [0.4, 0.5) is 5.69 Å². The van der Waals surface area contributed by atoms with Crippen molar-refractivity contribution in [2.24, 2.45) is 20.7 Å². The van der Waals surface area contributed by atoms with Crippen LogP contribution in [0.1, 0.15) is 42.0 Å². The number of aromatic amines is 1. The van der Waals surface area contributed by atoms with E-state index in [-0.39, 0.29) is 11.8 Å². The Kier molecular flexibility index (Phi) is 10.7. The second kappa shape index (κ2) is 14.9. The summed E-state index contributed by atoms with van der Waals surface area (Å²) in [6.45, 7) is 4.15. The number of aryl methyl sites for hydroxylation is 1. The number of aliphatic imine (C=N–C) groups is 3. The van der Waals surface area contributed by atoms with E-state index in [0.717, 1.165) is 61.2 Å². The molecule has 11 nitrogen and oxygen atoms in total. The van der Waals surface area contributed by atoms with Crippen molar-refractivity contribution in [3.05, 3.63) is 83.5 Å². The summed E-state index contributed by atoms with van der Waals surface area (Å²) in [5.41, 5.74) is 9.33. The molecule has 4 rings (SSSR count). The predicted octanol–water partition coefficient (Wildman–Crippen LogP) is 2.96. The molecule has 0 spiro atoms. The molecule has 6 N–H and O–H groups in total. The molecular weight excluding hydrogens is 530 g/mol. The maximum absolute atomic E-state index is 12.7. The number of rotatable bonds is 9. The van der Waals surface area contributed by atoms with Crippen molar-refractivity contribution in [3.8, 4) is 5.75 Å². The molecule has 0 unspecified atom stereocenters. The molecule has 3 heterocycles. The van der Waals surface area contributed by atoms with Crippen LogP contribution in [-0.2, 0) is 4.79 Å². The quantitative estimate of drug-likeness (QED) is 0.208. The van der Waals surface area contributed by atoms with E-state index in [9.17, 15) is 4.79 Å². The molecule has 2 aromatic rings. The van der Waals surface area contributed by atoms with Gasteiger partial charge < -0.3 is 25.3 Å². The number of H-pyrrole nitrogens is 1. The number of amidine groups is 2. The SMILES string of the molecule is Cc1cc(N=C(N=CN)c2[nH]ccc2[C@H]2CCCN(C(=O)/C=C/CN(C)C)CC2)ccc1OC1=CC(=NC=N)[NH2+]C=C1. The Balaban J connectivity index is 1.50.